The molecule has 3 aromatic carbocycles. The van der Waals surface area contributed by atoms with Crippen LogP contribution in [-0.2, 0) is 14.4 Å². The Morgan fingerprint density at radius 3 is 2.00 bits per heavy atom. The third kappa shape index (κ3) is 2.82. The zero-order chi connectivity index (χ0) is 20.0. The van der Waals surface area contributed by atoms with Crippen molar-refractivity contribution in [1.29, 1.82) is 0 Å². The van der Waals surface area contributed by atoms with Gasteiger partial charge in [-0.3, -0.25) is 14.4 Å². The van der Waals surface area contributed by atoms with Crippen molar-refractivity contribution >= 4 is 23.2 Å². The predicted octanol–water partition coefficient (Wildman–Crippen LogP) is 4.05. The van der Waals surface area contributed by atoms with Crippen LogP contribution in [0.3, 0.4) is 0 Å². The molecule has 0 radical (unpaired) electrons. The zero-order valence-corrected chi connectivity index (χ0v) is 15.9. The highest BCUT2D eigenvalue weighted by molar-refractivity contribution is 6.23. The molecule has 144 valence electrons. The van der Waals surface area contributed by atoms with Crippen molar-refractivity contribution in [2.45, 2.75) is 19.1 Å². The van der Waals surface area contributed by atoms with Crippen molar-refractivity contribution in [1.82, 2.24) is 0 Å². The van der Waals surface area contributed by atoms with Crippen LogP contribution >= 0.6 is 0 Å². The maximum absolute atomic E-state index is 13.4. The molecule has 2 saturated heterocycles. The van der Waals surface area contributed by atoms with E-state index in [2.05, 4.69) is 0 Å². The maximum atomic E-state index is 13.4. The third-order valence-electron chi connectivity index (χ3n) is 5.56. The van der Waals surface area contributed by atoms with Crippen LogP contribution in [0.2, 0.25) is 0 Å². The molecule has 0 N–H and O–H groups in total. The summed E-state index contributed by atoms with van der Waals surface area (Å²) in [5, 5.41) is 1.72. The number of nitrogens with zero attached hydrogens (tertiary/aromatic N) is 2. The standard InChI is InChI=1S/C24H20N2O3/c1-16-12-14-18(15-13-16)25-23(27)20-21(17-8-4-2-5-9-17)26(29-22(20)24(25)28)19-10-6-3-7-11-19/h2-15,20-22H,1H3/t20-,21+,22+/m0/s1. The Kier molecular flexibility index (Phi) is 4.18. The Morgan fingerprint density at radius 1 is 0.724 bits per heavy atom. The number of benzene rings is 3. The summed E-state index contributed by atoms with van der Waals surface area (Å²) in [6.45, 7) is 1.97. The molecule has 5 rings (SSSR count). The van der Waals surface area contributed by atoms with Crippen LogP contribution in [0.15, 0.2) is 84.9 Å². The highest BCUT2D eigenvalue weighted by Crippen LogP contribution is 2.47. The van der Waals surface area contributed by atoms with Gasteiger partial charge in [-0.05, 0) is 36.8 Å². The second-order valence-corrected chi connectivity index (χ2v) is 7.42. The van der Waals surface area contributed by atoms with Crippen molar-refractivity contribution in [3.05, 3.63) is 96.1 Å². The van der Waals surface area contributed by atoms with E-state index < -0.39 is 12.0 Å². The highest BCUT2D eigenvalue weighted by Gasteiger charge is 2.60. The number of hydrogen-bond donors (Lipinski definition) is 0. The van der Waals surface area contributed by atoms with Gasteiger partial charge in [0.15, 0.2) is 6.10 Å². The average molecular weight is 384 g/mol. The van der Waals surface area contributed by atoms with Crippen LogP contribution in [0.1, 0.15) is 17.2 Å². The molecule has 2 fully saturated rings. The van der Waals surface area contributed by atoms with Crippen LogP contribution in [0, 0.1) is 12.8 Å². The summed E-state index contributed by atoms with van der Waals surface area (Å²) in [7, 11) is 0. The molecule has 0 aromatic heterocycles. The lowest BCUT2D eigenvalue weighted by atomic mass is 9.90. The van der Waals surface area contributed by atoms with Crippen LogP contribution in [0.5, 0.6) is 0 Å². The Morgan fingerprint density at radius 2 is 1.34 bits per heavy atom. The number of para-hydroxylation sites is 1. The third-order valence-corrected chi connectivity index (χ3v) is 5.56. The van der Waals surface area contributed by atoms with Gasteiger partial charge in [0.25, 0.3) is 5.91 Å². The van der Waals surface area contributed by atoms with Gasteiger partial charge in [-0.15, -0.1) is 0 Å². The molecule has 5 heteroatoms. The van der Waals surface area contributed by atoms with E-state index in [9.17, 15) is 9.59 Å². The summed E-state index contributed by atoms with van der Waals surface area (Å²) in [6, 6.07) is 26.4. The fraction of sp³-hybridized carbons (Fsp3) is 0.167. The largest absolute Gasteiger partial charge is 0.273 e. The smallest absolute Gasteiger partial charge is 0.266 e. The minimum absolute atomic E-state index is 0.226. The molecular formula is C24H20N2O3. The lowest BCUT2D eigenvalue weighted by Gasteiger charge is -2.28. The Hall–Kier alpha value is -3.44. The van der Waals surface area contributed by atoms with E-state index in [4.69, 9.17) is 4.84 Å². The molecule has 3 atom stereocenters. The van der Waals surface area contributed by atoms with Gasteiger partial charge in [-0.25, -0.2) is 9.96 Å². The summed E-state index contributed by atoms with van der Waals surface area (Å²) in [6.07, 6.45) is -0.839. The fourth-order valence-electron chi connectivity index (χ4n) is 4.15. The maximum Gasteiger partial charge on any atom is 0.266 e. The van der Waals surface area contributed by atoms with Gasteiger partial charge < -0.3 is 0 Å². The lowest BCUT2D eigenvalue weighted by Crippen LogP contribution is -2.37. The van der Waals surface area contributed by atoms with E-state index >= 15 is 0 Å². The lowest BCUT2D eigenvalue weighted by molar-refractivity contribution is -0.126. The van der Waals surface area contributed by atoms with Gasteiger partial charge in [-0.2, -0.15) is 0 Å². The zero-order valence-electron chi connectivity index (χ0n) is 15.9. The van der Waals surface area contributed by atoms with Gasteiger partial charge in [0.1, 0.15) is 5.92 Å². The van der Waals surface area contributed by atoms with E-state index in [0.717, 1.165) is 16.8 Å². The second-order valence-electron chi connectivity index (χ2n) is 7.42. The molecule has 0 spiro atoms. The Labute approximate surface area is 169 Å². The molecule has 2 heterocycles. The monoisotopic (exact) mass is 384 g/mol. The molecule has 2 aliphatic heterocycles. The molecule has 0 bridgehead atoms. The number of anilines is 2. The van der Waals surface area contributed by atoms with Crippen molar-refractivity contribution in [2.75, 3.05) is 9.96 Å². The molecule has 29 heavy (non-hydrogen) atoms. The van der Waals surface area contributed by atoms with Gasteiger partial charge in [-0.1, -0.05) is 66.2 Å². The Balaban J connectivity index is 1.58. The van der Waals surface area contributed by atoms with Gasteiger partial charge in [0, 0.05) is 0 Å². The number of fused-ring (bicyclic) bond motifs is 1. The van der Waals surface area contributed by atoms with Crippen LogP contribution in [0.25, 0.3) is 0 Å². The van der Waals surface area contributed by atoms with E-state index in [1.807, 2.05) is 79.7 Å². The number of carbonyl (C=O) groups is 2. The van der Waals surface area contributed by atoms with E-state index in [0.29, 0.717) is 5.69 Å². The fourth-order valence-corrected chi connectivity index (χ4v) is 4.15. The van der Waals surface area contributed by atoms with Crippen molar-refractivity contribution < 1.29 is 14.4 Å². The first kappa shape index (κ1) is 17.6. The Bertz CT molecular complexity index is 1050. The van der Waals surface area contributed by atoms with E-state index in [1.54, 1.807) is 17.2 Å². The molecule has 3 aromatic rings. The molecular weight excluding hydrogens is 364 g/mol. The predicted molar refractivity (Wildman–Crippen MR) is 110 cm³/mol. The SMILES string of the molecule is Cc1ccc(N2C(=O)[C@H]3[C@@H](c4ccccc4)N(c4ccccc4)O[C@H]3C2=O)cc1. The van der Waals surface area contributed by atoms with Crippen molar-refractivity contribution in [2.24, 2.45) is 5.92 Å². The van der Waals surface area contributed by atoms with Crippen LogP contribution < -0.4 is 9.96 Å². The van der Waals surface area contributed by atoms with E-state index in [1.165, 1.54) is 4.90 Å². The van der Waals surface area contributed by atoms with E-state index in [-0.39, 0.29) is 17.9 Å². The number of rotatable bonds is 3. The van der Waals surface area contributed by atoms with Crippen molar-refractivity contribution in [3.8, 4) is 0 Å². The first-order valence-corrected chi connectivity index (χ1v) is 9.65. The number of hydroxylamine groups is 1. The second kappa shape index (κ2) is 6.87. The first-order chi connectivity index (χ1) is 14.1. The summed E-state index contributed by atoms with van der Waals surface area (Å²) in [5.41, 5.74) is 3.41. The molecule has 0 unspecified atom stereocenters. The molecule has 0 saturated carbocycles. The summed E-state index contributed by atoms with van der Waals surface area (Å²) >= 11 is 0. The van der Waals surface area contributed by atoms with Gasteiger partial charge in [0.05, 0.1) is 17.4 Å². The number of aryl methyl sites for hydroxylation is 1. The van der Waals surface area contributed by atoms with Gasteiger partial charge in [0.2, 0.25) is 5.91 Å². The highest BCUT2D eigenvalue weighted by atomic mass is 16.7. The number of hydrogen-bond acceptors (Lipinski definition) is 4. The first-order valence-electron chi connectivity index (χ1n) is 9.65. The molecule has 0 aliphatic carbocycles. The summed E-state index contributed by atoms with van der Waals surface area (Å²) < 4.78 is 0. The molecule has 2 aliphatic rings. The molecule has 5 nitrogen and oxygen atoms in total. The van der Waals surface area contributed by atoms with Crippen molar-refractivity contribution in [3.63, 3.8) is 0 Å². The van der Waals surface area contributed by atoms with Gasteiger partial charge >= 0.3 is 0 Å². The number of amides is 2. The summed E-state index contributed by atoms with van der Waals surface area (Å²) in [4.78, 5) is 34.0. The topological polar surface area (TPSA) is 49.9 Å². The quantitative estimate of drug-likeness (QED) is 0.640. The molecule has 2 amide bonds. The normalized spacial score (nSPS) is 23.6. The van der Waals surface area contributed by atoms with Crippen LogP contribution in [-0.4, -0.2) is 17.9 Å². The number of imide groups is 1. The number of carbonyl (C=O) groups excluding carboxylic acids is 2. The van der Waals surface area contributed by atoms with Crippen LogP contribution in [0.4, 0.5) is 11.4 Å². The minimum Gasteiger partial charge on any atom is -0.273 e. The summed E-state index contributed by atoms with van der Waals surface area (Å²) in [5.74, 6) is -1.15. The average Bonchev–Trinajstić information content (AvgIpc) is 3.27. The minimum atomic E-state index is -0.839.